The van der Waals surface area contributed by atoms with E-state index in [1.165, 1.54) is 5.56 Å². The molecule has 0 aliphatic carbocycles. The predicted molar refractivity (Wildman–Crippen MR) is 91.0 cm³/mol. The molecule has 0 heterocycles. The molecule has 0 fully saturated rings. The molecule has 0 atom stereocenters. The topological polar surface area (TPSA) is 64.6 Å². The zero-order chi connectivity index (χ0) is 17.2. The lowest BCUT2D eigenvalue weighted by molar-refractivity contribution is -0.123. The molecular formula is C19H21NO4. The average molecular weight is 327 g/mol. The molecular weight excluding hydrogens is 306 g/mol. The maximum absolute atomic E-state index is 11.8. The van der Waals surface area contributed by atoms with Crippen molar-refractivity contribution >= 4 is 11.9 Å². The Bertz CT molecular complexity index is 670. The first-order valence-electron chi connectivity index (χ1n) is 7.89. The highest BCUT2D eigenvalue weighted by molar-refractivity contribution is 5.89. The minimum atomic E-state index is -0.407. The molecule has 5 nitrogen and oxygen atoms in total. The molecule has 0 aliphatic heterocycles. The van der Waals surface area contributed by atoms with Crippen molar-refractivity contribution in [2.24, 2.45) is 0 Å². The third-order valence-corrected chi connectivity index (χ3v) is 3.29. The van der Waals surface area contributed by atoms with E-state index < -0.39 is 5.97 Å². The van der Waals surface area contributed by atoms with Crippen molar-refractivity contribution in [3.8, 4) is 5.75 Å². The number of hydrogen-bond donors (Lipinski definition) is 1. The first kappa shape index (κ1) is 17.5. The number of rotatable bonds is 8. The molecule has 0 saturated heterocycles. The van der Waals surface area contributed by atoms with Gasteiger partial charge in [0.2, 0.25) is 0 Å². The maximum atomic E-state index is 11.8. The standard InChI is InChI=1S/C19H21NO4/c1-2-23-19(22)16-9-6-10-17(13-16)24-14-18(21)20-12-11-15-7-4-3-5-8-15/h3-10,13H,2,11-12,14H2,1H3,(H,20,21). The lowest BCUT2D eigenvalue weighted by atomic mass is 10.1. The minimum Gasteiger partial charge on any atom is -0.484 e. The number of hydrogen-bond acceptors (Lipinski definition) is 4. The van der Waals surface area contributed by atoms with Gasteiger partial charge in [0.05, 0.1) is 12.2 Å². The van der Waals surface area contributed by atoms with E-state index in [-0.39, 0.29) is 12.5 Å². The van der Waals surface area contributed by atoms with Crippen LogP contribution >= 0.6 is 0 Å². The fraction of sp³-hybridized carbons (Fsp3) is 0.263. The second-order valence-corrected chi connectivity index (χ2v) is 5.12. The smallest absolute Gasteiger partial charge is 0.338 e. The predicted octanol–water partition coefficient (Wildman–Crippen LogP) is 2.60. The van der Waals surface area contributed by atoms with Gasteiger partial charge in [0.1, 0.15) is 5.75 Å². The Morgan fingerprint density at radius 1 is 1.04 bits per heavy atom. The minimum absolute atomic E-state index is 0.0962. The van der Waals surface area contributed by atoms with Crippen LogP contribution in [0.1, 0.15) is 22.8 Å². The highest BCUT2D eigenvalue weighted by Gasteiger charge is 2.08. The van der Waals surface area contributed by atoms with Gasteiger partial charge in [0, 0.05) is 6.54 Å². The molecule has 2 aromatic rings. The maximum Gasteiger partial charge on any atom is 0.338 e. The molecule has 2 rings (SSSR count). The Morgan fingerprint density at radius 2 is 1.83 bits per heavy atom. The first-order chi connectivity index (χ1) is 11.7. The molecule has 0 aromatic heterocycles. The molecule has 1 amide bonds. The Hall–Kier alpha value is -2.82. The van der Waals surface area contributed by atoms with E-state index in [1.54, 1.807) is 31.2 Å². The molecule has 0 saturated carbocycles. The van der Waals surface area contributed by atoms with E-state index in [4.69, 9.17) is 9.47 Å². The Balaban J connectivity index is 1.75. The second kappa shape index (κ2) is 9.35. The van der Waals surface area contributed by atoms with Crippen LogP contribution in [-0.4, -0.2) is 31.6 Å². The summed E-state index contributed by atoms with van der Waals surface area (Å²) in [5.41, 5.74) is 1.57. The van der Waals surface area contributed by atoms with Crippen LogP contribution in [0.25, 0.3) is 0 Å². The zero-order valence-corrected chi connectivity index (χ0v) is 13.7. The summed E-state index contributed by atoms with van der Waals surface area (Å²) in [6.07, 6.45) is 0.769. The average Bonchev–Trinajstić information content (AvgIpc) is 2.61. The molecule has 0 unspecified atom stereocenters. The van der Waals surface area contributed by atoms with Gasteiger partial charge in [-0.3, -0.25) is 4.79 Å². The van der Waals surface area contributed by atoms with Gasteiger partial charge in [-0.05, 0) is 37.1 Å². The Kier molecular flexibility index (Phi) is 6.83. The summed E-state index contributed by atoms with van der Waals surface area (Å²) in [5, 5.41) is 2.80. The van der Waals surface area contributed by atoms with Crippen LogP contribution in [-0.2, 0) is 16.0 Å². The fourth-order valence-corrected chi connectivity index (χ4v) is 2.12. The third kappa shape index (κ3) is 5.76. The lowest BCUT2D eigenvalue weighted by Gasteiger charge is -2.09. The fourth-order valence-electron chi connectivity index (χ4n) is 2.12. The van der Waals surface area contributed by atoms with Crippen LogP contribution in [0, 0.1) is 0 Å². The van der Waals surface area contributed by atoms with Crippen LogP contribution in [0.4, 0.5) is 0 Å². The van der Waals surface area contributed by atoms with Crippen molar-refractivity contribution < 1.29 is 19.1 Å². The molecule has 0 aliphatic rings. The van der Waals surface area contributed by atoms with Crippen molar-refractivity contribution in [3.05, 3.63) is 65.7 Å². The number of esters is 1. The van der Waals surface area contributed by atoms with Crippen molar-refractivity contribution in [2.75, 3.05) is 19.8 Å². The molecule has 24 heavy (non-hydrogen) atoms. The van der Waals surface area contributed by atoms with Gasteiger partial charge >= 0.3 is 5.97 Å². The third-order valence-electron chi connectivity index (χ3n) is 3.29. The SMILES string of the molecule is CCOC(=O)c1cccc(OCC(=O)NCCc2ccccc2)c1. The number of ether oxygens (including phenoxy) is 2. The van der Waals surface area contributed by atoms with Gasteiger partial charge < -0.3 is 14.8 Å². The molecule has 126 valence electrons. The molecule has 0 spiro atoms. The summed E-state index contributed by atoms with van der Waals surface area (Å²) in [6, 6.07) is 16.5. The molecule has 1 N–H and O–H groups in total. The summed E-state index contributed by atoms with van der Waals surface area (Å²) in [7, 11) is 0. The summed E-state index contributed by atoms with van der Waals surface area (Å²) in [4.78, 5) is 23.5. The van der Waals surface area contributed by atoms with Crippen LogP contribution < -0.4 is 10.1 Å². The van der Waals surface area contributed by atoms with Crippen LogP contribution in [0.3, 0.4) is 0 Å². The number of carbonyl (C=O) groups is 2. The van der Waals surface area contributed by atoms with E-state index in [2.05, 4.69) is 5.32 Å². The summed E-state index contributed by atoms with van der Waals surface area (Å²) >= 11 is 0. The number of amides is 1. The summed E-state index contributed by atoms with van der Waals surface area (Å²) < 4.78 is 10.3. The summed E-state index contributed by atoms with van der Waals surface area (Å²) in [5.74, 6) is -0.151. The van der Waals surface area contributed by atoms with Gasteiger partial charge in [-0.25, -0.2) is 4.79 Å². The van der Waals surface area contributed by atoms with Gasteiger partial charge in [-0.1, -0.05) is 36.4 Å². The molecule has 0 bridgehead atoms. The van der Waals surface area contributed by atoms with Crippen LogP contribution in [0.5, 0.6) is 5.75 Å². The van der Waals surface area contributed by atoms with Gasteiger partial charge in [-0.15, -0.1) is 0 Å². The summed E-state index contributed by atoms with van der Waals surface area (Å²) in [6.45, 7) is 2.52. The highest BCUT2D eigenvalue weighted by atomic mass is 16.5. The van der Waals surface area contributed by atoms with E-state index in [0.29, 0.717) is 24.5 Å². The molecule has 0 radical (unpaired) electrons. The zero-order valence-electron chi connectivity index (χ0n) is 13.7. The van der Waals surface area contributed by atoms with Gasteiger partial charge in [0.15, 0.2) is 6.61 Å². The highest BCUT2D eigenvalue weighted by Crippen LogP contribution is 2.14. The molecule has 2 aromatic carbocycles. The van der Waals surface area contributed by atoms with E-state index in [9.17, 15) is 9.59 Å². The first-order valence-corrected chi connectivity index (χ1v) is 7.89. The Labute approximate surface area is 141 Å². The van der Waals surface area contributed by atoms with Gasteiger partial charge in [-0.2, -0.15) is 0 Å². The van der Waals surface area contributed by atoms with E-state index >= 15 is 0 Å². The van der Waals surface area contributed by atoms with Crippen molar-refractivity contribution in [2.45, 2.75) is 13.3 Å². The number of benzene rings is 2. The largest absolute Gasteiger partial charge is 0.484 e. The van der Waals surface area contributed by atoms with Crippen molar-refractivity contribution in [3.63, 3.8) is 0 Å². The lowest BCUT2D eigenvalue weighted by Crippen LogP contribution is -2.30. The quantitative estimate of drug-likeness (QED) is 0.757. The normalized spacial score (nSPS) is 10.0. The molecule has 5 heteroatoms. The van der Waals surface area contributed by atoms with Crippen molar-refractivity contribution in [1.82, 2.24) is 5.32 Å². The Morgan fingerprint density at radius 3 is 2.58 bits per heavy atom. The van der Waals surface area contributed by atoms with E-state index in [1.807, 2.05) is 30.3 Å². The van der Waals surface area contributed by atoms with Crippen molar-refractivity contribution in [1.29, 1.82) is 0 Å². The monoisotopic (exact) mass is 327 g/mol. The van der Waals surface area contributed by atoms with E-state index in [0.717, 1.165) is 6.42 Å². The number of nitrogens with one attached hydrogen (secondary N) is 1. The second-order valence-electron chi connectivity index (χ2n) is 5.12. The van der Waals surface area contributed by atoms with Gasteiger partial charge in [0.25, 0.3) is 5.91 Å². The van der Waals surface area contributed by atoms with Crippen LogP contribution in [0.2, 0.25) is 0 Å². The number of carbonyl (C=O) groups excluding carboxylic acids is 2. The van der Waals surface area contributed by atoms with Crippen LogP contribution in [0.15, 0.2) is 54.6 Å².